The number of nitrogens with zero attached hydrogens (tertiary/aromatic N) is 1. The van der Waals surface area contributed by atoms with E-state index in [-0.39, 0.29) is 23.8 Å². The minimum Gasteiger partial charge on any atom is -0.370 e. The second-order valence-corrected chi connectivity index (χ2v) is 6.85. The molecule has 0 saturated carbocycles. The maximum Gasteiger partial charge on any atom is 0.0757 e. The third-order valence-corrected chi connectivity index (χ3v) is 4.06. The van der Waals surface area contributed by atoms with Gasteiger partial charge in [0, 0.05) is 24.2 Å². The topological polar surface area (TPSA) is 38.5 Å². The average Bonchev–Trinajstić information content (AvgIpc) is 2.28. The van der Waals surface area contributed by atoms with E-state index in [2.05, 4.69) is 31.7 Å². The first-order chi connectivity index (χ1) is 9.30. The molecule has 3 atom stereocenters. The van der Waals surface area contributed by atoms with Gasteiger partial charge in [0.05, 0.1) is 17.7 Å². The molecular weight excluding hydrogens is 272 g/mol. The van der Waals surface area contributed by atoms with Crippen molar-refractivity contribution >= 4 is 11.6 Å². The van der Waals surface area contributed by atoms with Crippen molar-refractivity contribution in [2.45, 2.75) is 51.5 Å². The second kappa shape index (κ2) is 6.02. The number of benzene rings is 1. The van der Waals surface area contributed by atoms with Gasteiger partial charge in [0.25, 0.3) is 0 Å². The molecule has 1 saturated heterocycles. The molecule has 0 amide bonds. The molecule has 2 rings (SSSR count). The van der Waals surface area contributed by atoms with Gasteiger partial charge in [0.2, 0.25) is 0 Å². The predicted molar refractivity (Wildman–Crippen MR) is 84.0 cm³/mol. The van der Waals surface area contributed by atoms with E-state index in [1.165, 1.54) is 0 Å². The van der Waals surface area contributed by atoms with Crippen LogP contribution < -0.4 is 5.73 Å². The molecule has 0 spiro atoms. The smallest absolute Gasteiger partial charge is 0.0757 e. The molecule has 0 bridgehead atoms. The Bertz CT molecular complexity index is 462. The van der Waals surface area contributed by atoms with Crippen molar-refractivity contribution in [1.82, 2.24) is 4.90 Å². The summed E-state index contributed by atoms with van der Waals surface area (Å²) in [6.07, 6.45) is 0.197. The molecule has 1 aliphatic rings. The Morgan fingerprint density at radius 1 is 1.40 bits per heavy atom. The van der Waals surface area contributed by atoms with Gasteiger partial charge in [-0.25, -0.2) is 0 Å². The summed E-state index contributed by atoms with van der Waals surface area (Å²) < 4.78 is 5.98. The predicted octanol–water partition coefficient (Wildman–Crippen LogP) is 3.23. The lowest BCUT2D eigenvalue weighted by Crippen LogP contribution is -2.55. The summed E-state index contributed by atoms with van der Waals surface area (Å²) in [6.45, 7) is 10.1. The summed E-state index contributed by atoms with van der Waals surface area (Å²) in [4.78, 5) is 2.40. The Labute approximate surface area is 127 Å². The van der Waals surface area contributed by atoms with Crippen LogP contribution in [-0.4, -0.2) is 35.7 Å². The molecule has 1 aliphatic heterocycles. The summed E-state index contributed by atoms with van der Waals surface area (Å²) in [7, 11) is 0. The SMILES string of the molecule is CC1CN(C(c2ccccc2Cl)C(C)N)CC(C)(C)O1. The fraction of sp³-hybridized carbons (Fsp3) is 0.625. The molecule has 3 unspecified atom stereocenters. The van der Waals surface area contributed by atoms with Gasteiger partial charge in [0.1, 0.15) is 0 Å². The van der Waals surface area contributed by atoms with Crippen molar-refractivity contribution in [3.8, 4) is 0 Å². The first-order valence-electron chi connectivity index (χ1n) is 7.22. The maximum atomic E-state index is 6.38. The summed E-state index contributed by atoms with van der Waals surface area (Å²) in [5, 5.41) is 0.784. The van der Waals surface area contributed by atoms with E-state index in [1.54, 1.807) is 0 Å². The van der Waals surface area contributed by atoms with Crippen LogP contribution in [0.3, 0.4) is 0 Å². The van der Waals surface area contributed by atoms with Crippen LogP contribution >= 0.6 is 11.6 Å². The molecule has 3 nitrogen and oxygen atoms in total. The third kappa shape index (κ3) is 3.53. The number of hydrogen-bond donors (Lipinski definition) is 1. The number of nitrogens with two attached hydrogens (primary N) is 1. The first kappa shape index (κ1) is 15.8. The summed E-state index contributed by atoms with van der Waals surface area (Å²) in [5.74, 6) is 0. The van der Waals surface area contributed by atoms with Crippen molar-refractivity contribution in [1.29, 1.82) is 0 Å². The highest BCUT2D eigenvalue weighted by atomic mass is 35.5. The van der Waals surface area contributed by atoms with Gasteiger partial charge < -0.3 is 10.5 Å². The van der Waals surface area contributed by atoms with E-state index >= 15 is 0 Å². The fourth-order valence-corrected chi connectivity index (χ4v) is 3.49. The molecule has 20 heavy (non-hydrogen) atoms. The fourth-order valence-electron chi connectivity index (χ4n) is 3.24. The second-order valence-electron chi connectivity index (χ2n) is 6.44. The minimum absolute atomic E-state index is 0.0102. The van der Waals surface area contributed by atoms with Gasteiger partial charge in [-0.2, -0.15) is 0 Å². The van der Waals surface area contributed by atoms with Crippen molar-refractivity contribution in [3.63, 3.8) is 0 Å². The highest BCUT2D eigenvalue weighted by Crippen LogP contribution is 2.33. The van der Waals surface area contributed by atoms with Crippen LogP contribution in [-0.2, 0) is 4.74 Å². The van der Waals surface area contributed by atoms with Crippen LogP contribution in [0.5, 0.6) is 0 Å². The number of morpholine rings is 1. The molecule has 2 N–H and O–H groups in total. The Balaban J connectivity index is 2.32. The summed E-state index contributed by atoms with van der Waals surface area (Å²) in [5.41, 5.74) is 7.21. The van der Waals surface area contributed by atoms with Crippen molar-refractivity contribution in [2.75, 3.05) is 13.1 Å². The van der Waals surface area contributed by atoms with Crippen LogP contribution in [0.4, 0.5) is 0 Å². The van der Waals surface area contributed by atoms with E-state index in [1.807, 2.05) is 25.1 Å². The van der Waals surface area contributed by atoms with Crippen LogP contribution in [0.25, 0.3) is 0 Å². The zero-order valence-corrected chi connectivity index (χ0v) is 13.5. The largest absolute Gasteiger partial charge is 0.370 e. The van der Waals surface area contributed by atoms with E-state index in [0.29, 0.717) is 0 Å². The van der Waals surface area contributed by atoms with Crippen LogP contribution in [0, 0.1) is 0 Å². The van der Waals surface area contributed by atoms with Crippen LogP contribution in [0.15, 0.2) is 24.3 Å². The highest BCUT2D eigenvalue weighted by molar-refractivity contribution is 6.31. The maximum absolute atomic E-state index is 6.38. The van der Waals surface area contributed by atoms with Crippen molar-refractivity contribution in [2.24, 2.45) is 5.73 Å². The van der Waals surface area contributed by atoms with Gasteiger partial charge in [-0.05, 0) is 39.3 Å². The molecule has 0 radical (unpaired) electrons. The normalized spacial score (nSPS) is 26.2. The van der Waals surface area contributed by atoms with E-state index in [4.69, 9.17) is 22.1 Å². The van der Waals surface area contributed by atoms with Crippen molar-refractivity contribution in [3.05, 3.63) is 34.9 Å². The molecule has 4 heteroatoms. The lowest BCUT2D eigenvalue weighted by Gasteiger charge is -2.46. The van der Waals surface area contributed by atoms with Crippen molar-refractivity contribution < 1.29 is 4.74 Å². The monoisotopic (exact) mass is 296 g/mol. The van der Waals surface area contributed by atoms with Gasteiger partial charge in [-0.3, -0.25) is 4.90 Å². The molecule has 112 valence electrons. The number of rotatable bonds is 3. The zero-order valence-electron chi connectivity index (χ0n) is 12.8. The average molecular weight is 297 g/mol. The van der Waals surface area contributed by atoms with Gasteiger partial charge in [-0.1, -0.05) is 29.8 Å². The Morgan fingerprint density at radius 2 is 2.05 bits per heavy atom. The van der Waals surface area contributed by atoms with Gasteiger partial charge in [-0.15, -0.1) is 0 Å². The zero-order chi connectivity index (χ0) is 14.9. The molecule has 1 aromatic carbocycles. The Hall–Kier alpha value is -0.610. The highest BCUT2D eigenvalue weighted by Gasteiger charge is 2.36. The van der Waals surface area contributed by atoms with E-state index in [9.17, 15) is 0 Å². The van der Waals surface area contributed by atoms with Crippen LogP contribution in [0.1, 0.15) is 39.3 Å². The molecule has 1 heterocycles. The van der Waals surface area contributed by atoms with E-state index in [0.717, 1.165) is 23.7 Å². The molecule has 1 fully saturated rings. The Morgan fingerprint density at radius 3 is 2.60 bits per heavy atom. The van der Waals surface area contributed by atoms with Crippen LogP contribution in [0.2, 0.25) is 5.02 Å². The molecular formula is C16H25ClN2O. The standard InChI is InChI=1S/C16H25ClN2O/c1-11-9-19(10-16(3,4)20-11)15(12(2)18)13-7-5-6-8-14(13)17/h5-8,11-12,15H,9-10,18H2,1-4H3. The number of halogens is 1. The number of ether oxygens (including phenoxy) is 1. The lowest BCUT2D eigenvalue weighted by molar-refractivity contribution is -0.139. The third-order valence-electron chi connectivity index (χ3n) is 3.71. The number of hydrogen-bond acceptors (Lipinski definition) is 3. The lowest BCUT2D eigenvalue weighted by atomic mass is 9.95. The molecule has 0 aliphatic carbocycles. The summed E-state index contributed by atoms with van der Waals surface area (Å²) in [6, 6.07) is 8.11. The molecule has 0 aromatic heterocycles. The van der Waals surface area contributed by atoms with Gasteiger partial charge in [0.15, 0.2) is 0 Å². The quantitative estimate of drug-likeness (QED) is 0.931. The Kier molecular flexibility index (Phi) is 4.75. The minimum atomic E-state index is -0.161. The van der Waals surface area contributed by atoms with E-state index < -0.39 is 0 Å². The van der Waals surface area contributed by atoms with Gasteiger partial charge >= 0.3 is 0 Å². The first-order valence-corrected chi connectivity index (χ1v) is 7.60. The summed E-state index contributed by atoms with van der Waals surface area (Å²) >= 11 is 6.38. The molecule has 1 aromatic rings.